The Kier molecular flexibility index (Phi) is 5.52. The number of carbonyl (C=O) groups is 2. The number of amides is 2. The van der Waals surface area contributed by atoms with Gasteiger partial charge in [-0.25, -0.2) is 9.07 Å². The van der Waals surface area contributed by atoms with Crippen LogP contribution in [0.4, 0.5) is 10.2 Å². The van der Waals surface area contributed by atoms with E-state index in [0.717, 1.165) is 17.7 Å². The first-order valence-corrected chi connectivity index (χ1v) is 9.75. The molecule has 0 spiro atoms. The van der Waals surface area contributed by atoms with E-state index >= 15 is 0 Å². The summed E-state index contributed by atoms with van der Waals surface area (Å²) >= 11 is 6.03. The van der Waals surface area contributed by atoms with E-state index in [1.165, 1.54) is 10.7 Å². The largest absolute Gasteiger partial charge is 0.322 e. The zero-order chi connectivity index (χ0) is 21.3. The summed E-state index contributed by atoms with van der Waals surface area (Å²) in [6.45, 7) is 1.89. The van der Waals surface area contributed by atoms with Crippen molar-refractivity contribution in [3.63, 3.8) is 0 Å². The second kappa shape index (κ2) is 8.25. The molecule has 2 atom stereocenters. The van der Waals surface area contributed by atoms with Gasteiger partial charge in [-0.1, -0.05) is 41.9 Å². The van der Waals surface area contributed by atoms with Gasteiger partial charge in [0.2, 0.25) is 5.91 Å². The second-order valence-electron chi connectivity index (χ2n) is 7.05. The number of rotatable bonds is 4. The molecule has 0 bridgehead atoms. The van der Waals surface area contributed by atoms with Crippen LogP contribution in [0.15, 0.2) is 54.6 Å². The fourth-order valence-corrected chi connectivity index (χ4v) is 3.54. The minimum Gasteiger partial charge on any atom is -0.322 e. The standard InChI is InChI=1S/C21H19ClFN5O2/c1-12-9-19(29)26-21(24-12)28-18(11-17(27-28)13-5-3-2-4-6-13)25-20(30)15-8-7-14(23)10-16(15)22/h2-8,10-12,21,24H,9H2,1H3,(H,25,30)(H,26,29). The second-order valence-corrected chi connectivity index (χ2v) is 7.45. The number of halogens is 2. The van der Waals surface area contributed by atoms with Gasteiger partial charge in [-0.3, -0.25) is 14.9 Å². The molecule has 0 radical (unpaired) electrons. The summed E-state index contributed by atoms with van der Waals surface area (Å²) in [7, 11) is 0. The Morgan fingerprint density at radius 1 is 1.23 bits per heavy atom. The van der Waals surface area contributed by atoms with Crippen molar-refractivity contribution in [3.05, 3.63) is 71.0 Å². The number of anilines is 1. The molecule has 1 fully saturated rings. The van der Waals surface area contributed by atoms with Gasteiger partial charge in [-0.05, 0) is 25.1 Å². The molecule has 154 valence electrons. The van der Waals surface area contributed by atoms with Crippen LogP contribution in [0.1, 0.15) is 30.0 Å². The molecular weight excluding hydrogens is 409 g/mol. The number of hydrogen-bond acceptors (Lipinski definition) is 4. The Hall–Kier alpha value is -3.23. The van der Waals surface area contributed by atoms with Crippen LogP contribution >= 0.6 is 11.6 Å². The van der Waals surface area contributed by atoms with Crippen LogP contribution in [0.5, 0.6) is 0 Å². The van der Waals surface area contributed by atoms with Crippen LogP contribution < -0.4 is 16.0 Å². The lowest BCUT2D eigenvalue weighted by atomic mass is 10.1. The van der Waals surface area contributed by atoms with E-state index in [1.807, 2.05) is 37.3 Å². The van der Waals surface area contributed by atoms with Crippen molar-refractivity contribution in [1.82, 2.24) is 20.4 Å². The fraction of sp³-hybridized carbons (Fsp3) is 0.190. The van der Waals surface area contributed by atoms with Gasteiger partial charge in [0, 0.05) is 24.1 Å². The molecule has 1 aliphatic heterocycles. The monoisotopic (exact) mass is 427 g/mol. The van der Waals surface area contributed by atoms with E-state index in [0.29, 0.717) is 17.9 Å². The van der Waals surface area contributed by atoms with E-state index in [1.54, 1.807) is 6.07 Å². The highest BCUT2D eigenvalue weighted by molar-refractivity contribution is 6.34. The van der Waals surface area contributed by atoms with Crippen molar-refractivity contribution in [2.75, 3.05) is 5.32 Å². The first kappa shape index (κ1) is 20.1. The molecule has 2 unspecified atom stereocenters. The lowest BCUT2D eigenvalue weighted by Crippen LogP contribution is -2.52. The van der Waals surface area contributed by atoms with E-state index in [-0.39, 0.29) is 22.5 Å². The third-order valence-electron chi connectivity index (χ3n) is 4.70. The number of nitrogens with one attached hydrogen (secondary N) is 3. The van der Waals surface area contributed by atoms with E-state index in [2.05, 4.69) is 21.0 Å². The molecule has 2 aromatic carbocycles. The molecule has 2 heterocycles. The molecule has 1 aromatic heterocycles. The summed E-state index contributed by atoms with van der Waals surface area (Å²) in [5.41, 5.74) is 1.59. The Morgan fingerprint density at radius 2 is 2.00 bits per heavy atom. The molecule has 3 aromatic rings. The van der Waals surface area contributed by atoms with Crippen LogP contribution in [-0.4, -0.2) is 27.6 Å². The molecule has 0 aliphatic carbocycles. The van der Waals surface area contributed by atoms with E-state index < -0.39 is 18.0 Å². The van der Waals surface area contributed by atoms with Gasteiger partial charge in [-0.15, -0.1) is 0 Å². The summed E-state index contributed by atoms with van der Waals surface area (Å²) < 4.78 is 14.8. The van der Waals surface area contributed by atoms with Crippen molar-refractivity contribution in [2.24, 2.45) is 0 Å². The summed E-state index contributed by atoms with van der Waals surface area (Å²) in [5, 5.41) is 13.4. The quantitative estimate of drug-likeness (QED) is 0.594. The zero-order valence-corrected chi connectivity index (χ0v) is 16.8. The molecule has 0 saturated carbocycles. The van der Waals surface area contributed by atoms with Crippen molar-refractivity contribution < 1.29 is 14.0 Å². The average Bonchev–Trinajstić information content (AvgIpc) is 3.11. The predicted octanol–water partition coefficient (Wildman–Crippen LogP) is 3.55. The minimum atomic E-state index is -0.641. The summed E-state index contributed by atoms with van der Waals surface area (Å²) in [4.78, 5) is 24.8. The van der Waals surface area contributed by atoms with Gasteiger partial charge < -0.3 is 10.6 Å². The van der Waals surface area contributed by atoms with Crippen LogP contribution in [0, 0.1) is 5.82 Å². The smallest absolute Gasteiger partial charge is 0.258 e. The number of aromatic nitrogens is 2. The van der Waals surface area contributed by atoms with Gasteiger partial charge in [0.1, 0.15) is 11.6 Å². The highest BCUT2D eigenvalue weighted by Gasteiger charge is 2.27. The Morgan fingerprint density at radius 3 is 2.70 bits per heavy atom. The molecule has 2 amide bonds. The molecular formula is C21H19ClFN5O2. The van der Waals surface area contributed by atoms with Crippen molar-refractivity contribution in [1.29, 1.82) is 0 Å². The molecule has 1 aliphatic rings. The Labute approximate surface area is 177 Å². The van der Waals surface area contributed by atoms with E-state index in [9.17, 15) is 14.0 Å². The normalized spacial score (nSPS) is 18.7. The van der Waals surface area contributed by atoms with Crippen LogP contribution in [0.2, 0.25) is 5.02 Å². The number of hydrogen-bond donors (Lipinski definition) is 3. The zero-order valence-electron chi connectivity index (χ0n) is 16.0. The van der Waals surface area contributed by atoms with Crippen LogP contribution in [0.25, 0.3) is 11.3 Å². The lowest BCUT2D eigenvalue weighted by molar-refractivity contribution is -0.125. The van der Waals surface area contributed by atoms with Gasteiger partial charge in [0.15, 0.2) is 6.29 Å². The minimum absolute atomic E-state index is 0.000403. The lowest BCUT2D eigenvalue weighted by Gasteiger charge is -2.30. The Bertz CT molecular complexity index is 1100. The molecule has 30 heavy (non-hydrogen) atoms. The first-order chi connectivity index (χ1) is 14.4. The summed E-state index contributed by atoms with van der Waals surface area (Å²) in [6, 6.07) is 14.6. The SMILES string of the molecule is CC1CC(=O)NC(n2nc(-c3ccccc3)cc2NC(=O)c2ccc(F)cc2Cl)N1. The molecule has 1 saturated heterocycles. The Balaban J connectivity index is 1.70. The highest BCUT2D eigenvalue weighted by Crippen LogP contribution is 2.26. The van der Waals surface area contributed by atoms with Crippen molar-refractivity contribution in [2.45, 2.75) is 25.7 Å². The maximum atomic E-state index is 13.3. The maximum absolute atomic E-state index is 13.3. The van der Waals surface area contributed by atoms with Gasteiger partial charge >= 0.3 is 0 Å². The predicted molar refractivity (Wildman–Crippen MR) is 111 cm³/mol. The van der Waals surface area contributed by atoms with Crippen molar-refractivity contribution >= 4 is 29.2 Å². The number of benzene rings is 2. The fourth-order valence-electron chi connectivity index (χ4n) is 3.28. The third-order valence-corrected chi connectivity index (χ3v) is 5.01. The number of nitrogens with zero attached hydrogens (tertiary/aromatic N) is 2. The van der Waals surface area contributed by atoms with Gasteiger partial charge in [0.05, 0.1) is 16.3 Å². The third kappa shape index (κ3) is 4.19. The van der Waals surface area contributed by atoms with E-state index in [4.69, 9.17) is 11.6 Å². The molecule has 4 rings (SSSR count). The van der Waals surface area contributed by atoms with Crippen molar-refractivity contribution in [3.8, 4) is 11.3 Å². The average molecular weight is 428 g/mol. The van der Waals surface area contributed by atoms with Crippen LogP contribution in [0.3, 0.4) is 0 Å². The summed E-state index contributed by atoms with van der Waals surface area (Å²) in [6.07, 6.45) is -0.298. The van der Waals surface area contributed by atoms with Crippen LogP contribution in [-0.2, 0) is 4.79 Å². The number of carbonyl (C=O) groups excluding carboxylic acids is 2. The summed E-state index contributed by atoms with van der Waals surface area (Å²) in [5.74, 6) is -0.819. The highest BCUT2D eigenvalue weighted by atomic mass is 35.5. The molecule has 9 heteroatoms. The van der Waals surface area contributed by atoms with Gasteiger partial charge in [0.25, 0.3) is 5.91 Å². The molecule has 3 N–H and O–H groups in total. The molecule has 7 nitrogen and oxygen atoms in total. The topological polar surface area (TPSA) is 88.1 Å². The first-order valence-electron chi connectivity index (χ1n) is 9.37. The van der Waals surface area contributed by atoms with Gasteiger partial charge in [-0.2, -0.15) is 5.10 Å². The maximum Gasteiger partial charge on any atom is 0.258 e.